The van der Waals surface area contributed by atoms with Gasteiger partial charge in [-0.15, -0.1) is 0 Å². The number of carbonyl (C=O) groups excluding carboxylic acids is 1. The molecule has 1 aliphatic heterocycles. The Morgan fingerprint density at radius 3 is 2.93 bits per heavy atom. The molecule has 0 aromatic rings. The van der Waals surface area contributed by atoms with Crippen LogP contribution in [-0.4, -0.2) is 34.1 Å². The lowest BCUT2D eigenvalue weighted by Gasteiger charge is -2.22. The monoisotopic (exact) mass is 237 g/mol. The molecule has 0 aromatic heterocycles. The lowest BCUT2D eigenvalue weighted by Crippen LogP contribution is -2.41. The van der Waals surface area contributed by atoms with Crippen LogP contribution in [0.5, 0.6) is 0 Å². The van der Waals surface area contributed by atoms with Crippen molar-refractivity contribution < 1.29 is 22.1 Å². The topological polar surface area (TPSA) is 81.7 Å². The van der Waals surface area contributed by atoms with Crippen LogP contribution in [0.25, 0.3) is 0 Å². The second kappa shape index (κ2) is 5.43. The van der Waals surface area contributed by atoms with Crippen LogP contribution < -0.4 is 4.72 Å². The quantitative estimate of drug-likeness (QED) is 0.693. The normalized spacial score (nSPS) is 24.7. The zero-order valence-corrected chi connectivity index (χ0v) is 9.38. The van der Waals surface area contributed by atoms with E-state index in [1.54, 1.807) is 0 Å². The van der Waals surface area contributed by atoms with E-state index >= 15 is 0 Å². The number of hydrogen-bond donors (Lipinski definition) is 1. The van der Waals surface area contributed by atoms with Crippen molar-refractivity contribution >= 4 is 16.3 Å². The first-order chi connectivity index (χ1) is 7.03. The molecule has 15 heavy (non-hydrogen) atoms. The van der Waals surface area contributed by atoms with Gasteiger partial charge in [0.2, 0.25) is 0 Å². The molecule has 0 aliphatic carbocycles. The van der Waals surface area contributed by atoms with Gasteiger partial charge in [-0.2, -0.15) is 13.1 Å². The maximum Gasteiger partial charge on any atom is 0.336 e. The van der Waals surface area contributed by atoms with Gasteiger partial charge in [-0.25, -0.2) is 0 Å². The smallest absolute Gasteiger partial charge is 0.336 e. The van der Waals surface area contributed by atoms with Crippen LogP contribution >= 0.6 is 0 Å². The summed E-state index contributed by atoms with van der Waals surface area (Å²) < 4.78 is 33.4. The first kappa shape index (κ1) is 12.4. The van der Waals surface area contributed by atoms with E-state index in [9.17, 15) is 13.2 Å². The molecule has 0 bridgehead atoms. The fourth-order valence-electron chi connectivity index (χ4n) is 1.40. The summed E-state index contributed by atoms with van der Waals surface area (Å²) in [5.41, 5.74) is 0. The maximum atomic E-state index is 11.0. The summed E-state index contributed by atoms with van der Waals surface area (Å²) in [6.45, 7) is 0.207. The molecule has 1 atom stereocenters. The molecule has 0 radical (unpaired) electrons. The predicted molar refractivity (Wildman–Crippen MR) is 52.3 cm³/mol. The van der Waals surface area contributed by atoms with E-state index in [0.717, 1.165) is 0 Å². The molecule has 7 heteroatoms. The zero-order chi connectivity index (χ0) is 11.3. The van der Waals surface area contributed by atoms with Crippen LogP contribution in [0.4, 0.5) is 0 Å². The number of nitrogens with one attached hydrogen (secondary N) is 1. The Labute approximate surface area is 89.2 Å². The average Bonchev–Trinajstić information content (AvgIpc) is 2.16. The van der Waals surface area contributed by atoms with E-state index in [1.165, 1.54) is 7.11 Å². The highest BCUT2D eigenvalue weighted by Gasteiger charge is 2.23. The summed E-state index contributed by atoms with van der Waals surface area (Å²) in [5, 5.41) is 0. The van der Waals surface area contributed by atoms with Crippen molar-refractivity contribution in [2.45, 2.75) is 31.7 Å². The van der Waals surface area contributed by atoms with Crippen molar-refractivity contribution in [3.8, 4) is 0 Å². The van der Waals surface area contributed by atoms with E-state index in [2.05, 4.69) is 13.6 Å². The molecular weight excluding hydrogens is 222 g/mol. The number of ether oxygens (including phenoxy) is 1. The molecule has 0 aromatic carbocycles. The third kappa shape index (κ3) is 4.59. The average molecular weight is 237 g/mol. The molecular formula is C8H15NO5S. The van der Waals surface area contributed by atoms with Gasteiger partial charge < -0.3 is 4.74 Å². The molecule has 1 heterocycles. The van der Waals surface area contributed by atoms with Gasteiger partial charge in [0.1, 0.15) is 0 Å². The van der Waals surface area contributed by atoms with Gasteiger partial charge in [0, 0.05) is 12.5 Å². The minimum atomic E-state index is -3.55. The molecule has 1 N–H and O–H groups in total. The van der Waals surface area contributed by atoms with Gasteiger partial charge in [-0.1, -0.05) is 0 Å². The van der Waals surface area contributed by atoms with E-state index in [1.807, 2.05) is 0 Å². The standard InChI is InChI=1S/C8H15NO5S/c1-13-8(10)4-2-3-7-5-6-14-15(11,12)9-7/h7,9H,2-6H2,1H3. The Kier molecular flexibility index (Phi) is 4.49. The Hall–Kier alpha value is -0.660. The van der Waals surface area contributed by atoms with Gasteiger partial charge >= 0.3 is 16.3 Å². The Morgan fingerprint density at radius 2 is 2.33 bits per heavy atom. The third-order valence-corrected chi connectivity index (χ3v) is 3.28. The molecule has 0 spiro atoms. The molecule has 1 fully saturated rings. The van der Waals surface area contributed by atoms with Crippen molar-refractivity contribution in [2.24, 2.45) is 0 Å². The Bertz CT molecular complexity index is 313. The van der Waals surface area contributed by atoms with Crippen LogP contribution in [0.3, 0.4) is 0 Å². The Balaban J connectivity index is 2.24. The molecule has 1 saturated heterocycles. The molecule has 1 rings (SSSR count). The SMILES string of the molecule is COC(=O)CCCC1CCOS(=O)(=O)N1. The summed E-state index contributed by atoms with van der Waals surface area (Å²) in [6.07, 6.45) is 2.19. The van der Waals surface area contributed by atoms with E-state index in [4.69, 9.17) is 0 Å². The first-order valence-electron chi connectivity index (χ1n) is 4.77. The van der Waals surface area contributed by atoms with Gasteiger partial charge in [0.15, 0.2) is 0 Å². The van der Waals surface area contributed by atoms with Gasteiger partial charge in [-0.3, -0.25) is 8.98 Å². The van der Waals surface area contributed by atoms with Crippen LogP contribution in [0.2, 0.25) is 0 Å². The second-order valence-electron chi connectivity index (χ2n) is 3.35. The van der Waals surface area contributed by atoms with Crippen LogP contribution in [-0.2, 0) is 24.0 Å². The summed E-state index contributed by atoms with van der Waals surface area (Å²) in [6, 6.07) is -0.131. The van der Waals surface area contributed by atoms with Gasteiger partial charge in [0.05, 0.1) is 13.7 Å². The van der Waals surface area contributed by atoms with Crippen molar-refractivity contribution in [2.75, 3.05) is 13.7 Å². The third-order valence-electron chi connectivity index (χ3n) is 2.18. The minimum absolute atomic E-state index is 0.131. The highest BCUT2D eigenvalue weighted by Crippen LogP contribution is 2.12. The summed E-state index contributed by atoms with van der Waals surface area (Å²) in [7, 11) is -2.22. The summed E-state index contributed by atoms with van der Waals surface area (Å²) in [5.74, 6) is -0.273. The minimum Gasteiger partial charge on any atom is -0.469 e. The predicted octanol–water partition coefficient (Wildman–Crippen LogP) is -0.0470. The van der Waals surface area contributed by atoms with E-state index in [0.29, 0.717) is 25.7 Å². The second-order valence-corrected chi connectivity index (χ2v) is 4.73. The summed E-state index contributed by atoms with van der Waals surface area (Å²) in [4.78, 5) is 10.8. The number of rotatable bonds is 4. The van der Waals surface area contributed by atoms with Crippen LogP contribution in [0.1, 0.15) is 25.7 Å². The largest absolute Gasteiger partial charge is 0.469 e. The van der Waals surface area contributed by atoms with E-state index < -0.39 is 10.3 Å². The van der Waals surface area contributed by atoms with Crippen molar-refractivity contribution in [3.63, 3.8) is 0 Å². The highest BCUT2D eigenvalue weighted by molar-refractivity contribution is 7.84. The number of esters is 1. The lowest BCUT2D eigenvalue weighted by molar-refractivity contribution is -0.140. The number of hydrogen-bond acceptors (Lipinski definition) is 5. The molecule has 6 nitrogen and oxygen atoms in total. The van der Waals surface area contributed by atoms with Crippen LogP contribution in [0.15, 0.2) is 0 Å². The molecule has 0 amide bonds. The lowest BCUT2D eigenvalue weighted by atomic mass is 10.1. The fourth-order valence-corrected chi connectivity index (χ4v) is 2.42. The molecule has 88 valence electrons. The number of methoxy groups -OCH3 is 1. The van der Waals surface area contributed by atoms with Crippen LogP contribution in [0, 0.1) is 0 Å². The first-order valence-corrected chi connectivity index (χ1v) is 6.18. The van der Waals surface area contributed by atoms with E-state index in [-0.39, 0.29) is 18.6 Å². The maximum absolute atomic E-state index is 11.0. The van der Waals surface area contributed by atoms with Crippen molar-refractivity contribution in [1.29, 1.82) is 0 Å². The Morgan fingerprint density at radius 1 is 1.60 bits per heavy atom. The van der Waals surface area contributed by atoms with Gasteiger partial charge in [-0.05, 0) is 19.3 Å². The molecule has 1 aliphatic rings. The summed E-state index contributed by atoms with van der Waals surface area (Å²) >= 11 is 0. The van der Waals surface area contributed by atoms with Crippen molar-refractivity contribution in [3.05, 3.63) is 0 Å². The molecule has 0 saturated carbocycles. The highest BCUT2D eigenvalue weighted by atomic mass is 32.2. The zero-order valence-electron chi connectivity index (χ0n) is 8.56. The fraction of sp³-hybridized carbons (Fsp3) is 0.875. The van der Waals surface area contributed by atoms with Crippen molar-refractivity contribution in [1.82, 2.24) is 4.72 Å². The molecule has 1 unspecified atom stereocenters. The number of carbonyl (C=O) groups is 1. The van der Waals surface area contributed by atoms with Gasteiger partial charge in [0.25, 0.3) is 0 Å².